The molecule has 0 aliphatic carbocycles. The van der Waals surface area contributed by atoms with Crippen LogP contribution in [0.2, 0.25) is 0 Å². The van der Waals surface area contributed by atoms with Gasteiger partial charge in [0.05, 0.1) is 19.8 Å². The van der Waals surface area contributed by atoms with Crippen LogP contribution in [0, 0.1) is 0 Å². The number of para-hydroxylation sites is 1. The summed E-state index contributed by atoms with van der Waals surface area (Å²) < 4.78 is 5.71. The van der Waals surface area contributed by atoms with E-state index in [0.29, 0.717) is 13.1 Å². The van der Waals surface area contributed by atoms with Crippen LogP contribution in [0.3, 0.4) is 0 Å². The Kier molecular flexibility index (Phi) is 8.42. The van der Waals surface area contributed by atoms with Crippen LogP contribution in [0.15, 0.2) is 54.6 Å². The lowest BCUT2D eigenvalue weighted by atomic mass is 9.96. The van der Waals surface area contributed by atoms with Crippen molar-refractivity contribution >= 4 is 0 Å². The molecule has 2 aromatic rings. The molecule has 1 atom stereocenters. The van der Waals surface area contributed by atoms with Crippen molar-refractivity contribution in [2.75, 3.05) is 39.5 Å². The van der Waals surface area contributed by atoms with Crippen LogP contribution in [-0.2, 0) is 6.42 Å². The summed E-state index contributed by atoms with van der Waals surface area (Å²) in [5, 5.41) is 28.0. The maximum atomic E-state index is 9.45. The van der Waals surface area contributed by atoms with E-state index in [1.165, 1.54) is 5.56 Å². The standard InChI is InChI=1S/C20H27NO4/c22-12-10-21(11-13-23)19(16-17-6-2-1-3-7-17)18-8-4-5-9-20(18)25-15-14-24/h1-9,19,22-24H,10-16H2/t19-/m0/s1. The molecule has 0 radical (unpaired) electrons. The number of rotatable bonds is 11. The minimum Gasteiger partial charge on any atom is -0.491 e. The molecule has 0 saturated heterocycles. The van der Waals surface area contributed by atoms with Gasteiger partial charge in [0.1, 0.15) is 12.4 Å². The van der Waals surface area contributed by atoms with E-state index in [1.54, 1.807) is 0 Å². The molecule has 3 N–H and O–H groups in total. The monoisotopic (exact) mass is 345 g/mol. The van der Waals surface area contributed by atoms with Gasteiger partial charge in [-0.1, -0.05) is 48.5 Å². The molecule has 5 heteroatoms. The molecule has 0 amide bonds. The molecule has 0 saturated carbocycles. The van der Waals surface area contributed by atoms with E-state index in [-0.39, 0.29) is 32.5 Å². The number of aliphatic hydroxyl groups excluding tert-OH is 3. The average molecular weight is 345 g/mol. The van der Waals surface area contributed by atoms with Crippen molar-refractivity contribution in [2.24, 2.45) is 0 Å². The van der Waals surface area contributed by atoms with Gasteiger partial charge in [-0.2, -0.15) is 0 Å². The molecule has 0 aliphatic heterocycles. The quantitative estimate of drug-likeness (QED) is 0.577. The maximum Gasteiger partial charge on any atom is 0.124 e. The molecule has 0 aliphatic rings. The highest BCUT2D eigenvalue weighted by Crippen LogP contribution is 2.32. The summed E-state index contributed by atoms with van der Waals surface area (Å²) >= 11 is 0. The number of benzene rings is 2. The Bertz CT molecular complexity index is 600. The normalized spacial score (nSPS) is 12.3. The molecule has 0 heterocycles. The lowest BCUT2D eigenvalue weighted by Gasteiger charge is -2.32. The second-order valence-electron chi connectivity index (χ2n) is 5.80. The zero-order valence-electron chi connectivity index (χ0n) is 14.4. The first-order valence-corrected chi connectivity index (χ1v) is 8.62. The molecule has 136 valence electrons. The molecular formula is C20H27NO4. The van der Waals surface area contributed by atoms with Gasteiger partial charge in [0, 0.05) is 24.7 Å². The van der Waals surface area contributed by atoms with Crippen molar-refractivity contribution in [3.63, 3.8) is 0 Å². The van der Waals surface area contributed by atoms with Crippen LogP contribution < -0.4 is 4.74 Å². The molecule has 0 bridgehead atoms. The topological polar surface area (TPSA) is 73.2 Å². The third kappa shape index (κ3) is 5.83. The highest BCUT2D eigenvalue weighted by atomic mass is 16.5. The molecule has 0 spiro atoms. The zero-order valence-corrected chi connectivity index (χ0v) is 14.4. The fourth-order valence-corrected chi connectivity index (χ4v) is 3.00. The predicted octanol–water partition coefficient (Wildman–Crippen LogP) is 1.63. The van der Waals surface area contributed by atoms with Crippen molar-refractivity contribution in [1.82, 2.24) is 4.90 Å². The van der Waals surface area contributed by atoms with Gasteiger partial charge in [-0.25, -0.2) is 0 Å². The Morgan fingerprint density at radius 3 is 2.08 bits per heavy atom. The van der Waals surface area contributed by atoms with Crippen molar-refractivity contribution < 1.29 is 20.1 Å². The molecule has 5 nitrogen and oxygen atoms in total. The smallest absolute Gasteiger partial charge is 0.124 e. The largest absolute Gasteiger partial charge is 0.491 e. The van der Waals surface area contributed by atoms with Gasteiger partial charge in [0.15, 0.2) is 0 Å². The zero-order chi connectivity index (χ0) is 17.9. The molecule has 2 aromatic carbocycles. The number of hydrogen-bond acceptors (Lipinski definition) is 5. The molecule has 2 rings (SSSR count). The van der Waals surface area contributed by atoms with Crippen LogP contribution in [0.5, 0.6) is 5.75 Å². The van der Waals surface area contributed by atoms with Gasteiger partial charge in [-0.05, 0) is 18.1 Å². The predicted molar refractivity (Wildman–Crippen MR) is 97.7 cm³/mol. The van der Waals surface area contributed by atoms with E-state index in [4.69, 9.17) is 9.84 Å². The third-order valence-electron chi connectivity index (χ3n) is 4.11. The maximum absolute atomic E-state index is 9.45. The van der Waals surface area contributed by atoms with Crippen LogP contribution in [0.25, 0.3) is 0 Å². The summed E-state index contributed by atoms with van der Waals surface area (Å²) in [4.78, 5) is 2.06. The molecule has 0 aromatic heterocycles. The Hall–Kier alpha value is -1.92. The summed E-state index contributed by atoms with van der Waals surface area (Å²) in [6.07, 6.45) is 0.736. The van der Waals surface area contributed by atoms with Crippen LogP contribution in [-0.4, -0.2) is 59.7 Å². The fourth-order valence-electron chi connectivity index (χ4n) is 3.00. The lowest BCUT2D eigenvalue weighted by molar-refractivity contribution is 0.118. The summed E-state index contributed by atoms with van der Waals surface area (Å²) in [6, 6.07) is 17.8. The molecule has 0 unspecified atom stereocenters. The average Bonchev–Trinajstić information content (AvgIpc) is 2.65. The Morgan fingerprint density at radius 2 is 1.44 bits per heavy atom. The highest BCUT2D eigenvalue weighted by Gasteiger charge is 2.23. The first-order valence-electron chi connectivity index (χ1n) is 8.62. The molecule has 25 heavy (non-hydrogen) atoms. The van der Waals surface area contributed by atoms with E-state index >= 15 is 0 Å². The van der Waals surface area contributed by atoms with Gasteiger partial charge in [0.2, 0.25) is 0 Å². The number of hydrogen-bond donors (Lipinski definition) is 3. The van der Waals surface area contributed by atoms with Gasteiger partial charge in [-0.15, -0.1) is 0 Å². The van der Waals surface area contributed by atoms with E-state index in [9.17, 15) is 10.2 Å². The molecular weight excluding hydrogens is 318 g/mol. The minimum absolute atomic E-state index is 0.0188. The lowest BCUT2D eigenvalue weighted by Crippen LogP contribution is -2.35. The van der Waals surface area contributed by atoms with Crippen molar-refractivity contribution in [3.05, 3.63) is 65.7 Å². The Balaban J connectivity index is 2.36. The Labute approximate surface area is 149 Å². The van der Waals surface area contributed by atoms with E-state index in [2.05, 4.69) is 17.0 Å². The number of aliphatic hydroxyl groups is 3. The van der Waals surface area contributed by atoms with Crippen LogP contribution in [0.1, 0.15) is 17.2 Å². The first kappa shape index (κ1) is 19.4. The first-order chi connectivity index (χ1) is 12.3. The van der Waals surface area contributed by atoms with Crippen molar-refractivity contribution in [3.8, 4) is 5.75 Å². The van der Waals surface area contributed by atoms with Crippen molar-refractivity contribution in [1.29, 1.82) is 0 Å². The summed E-state index contributed by atoms with van der Waals surface area (Å²) in [7, 11) is 0. The van der Waals surface area contributed by atoms with E-state index < -0.39 is 0 Å². The van der Waals surface area contributed by atoms with E-state index in [1.807, 2.05) is 42.5 Å². The third-order valence-corrected chi connectivity index (χ3v) is 4.11. The summed E-state index contributed by atoms with van der Waals surface area (Å²) in [6.45, 7) is 1.15. The fraction of sp³-hybridized carbons (Fsp3) is 0.400. The van der Waals surface area contributed by atoms with Gasteiger partial charge in [0.25, 0.3) is 0 Å². The van der Waals surface area contributed by atoms with E-state index in [0.717, 1.165) is 17.7 Å². The Morgan fingerprint density at radius 1 is 0.800 bits per heavy atom. The molecule has 0 fully saturated rings. The highest BCUT2D eigenvalue weighted by molar-refractivity contribution is 5.37. The van der Waals surface area contributed by atoms with Crippen molar-refractivity contribution in [2.45, 2.75) is 12.5 Å². The van der Waals surface area contributed by atoms with Crippen LogP contribution >= 0.6 is 0 Å². The second-order valence-corrected chi connectivity index (χ2v) is 5.80. The summed E-state index contributed by atoms with van der Waals surface area (Å²) in [5.74, 6) is 0.721. The number of ether oxygens (including phenoxy) is 1. The summed E-state index contributed by atoms with van der Waals surface area (Å²) in [5.41, 5.74) is 2.16. The van der Waals surface area contributed by atoms with Gasteiger partial charge < -0.3 is 20.1 Å². The second kappa shape index (κ2) is 10.8. The minimum atomic E-state index is -0.0469. The SMILES string of the molecule is OCCOc1ccccc1[C@H](Cc1ccccc1)N(CCO)CCO. The van der Waals surface area contributed by atoms with Crippen LogP contribution in [0.4, 0.5) is 0 Å². The van der Waals surface area contributed by atoms with Gasteiger partial charge in [-0.3, -0.25) is 4.90 Å². The van der Waals surface area contributed by atoms with Gasteiger partial charge >= 0.3 is 0 Å². The number of nitrogens with zero attached hydrogens (tertiary/aromatic N) is 1.